The smallest absolute Gasteiger partial charge is 0.166 e. The Morgan fingerprint density at radius 2 is 1.69 bits per heavy atom. The Morgan fingerprint density at radius 3 is 2.39 bits per heavy atom. The molecule has 4 aromatic rings. The number of ketones is 1. The van der Waals surface area contributed by atoms with E-state index in [0.29, 0.717) is 47.1 Å². The lowest BCUT2D eigenvalue weighted by Crippen LogP contribution is -2.21. The Kier molecular flexibility index (Phi) is 6.26. The van der Waals surface area contributed by atoms with Gasteiger partial charge in [-0.2, -0.15) is 5.10 Å². The maximum Gasteiger partial charge on any atom is 0.166 e. The molecule has 1 aliphatic rings. The minimum absolute atomic E-state index is 0.0427. The SMILES string of the molecule is CCc1nn2cc3c(nc2c1-c1ccc(OC)c(OC)c1)CC(c1ccc(OC)cc1OC)CC3=O. The van der Waals surface area contributed by atoms with Crippen molar-refractivity contribution >= 4 is 11.4 Å². The molecule has 0 saturated carbocycles. The molecule has 0 radical (unpaired) electrons. The number of Topliss-reactive ketones (excluding diaryl/α,β-unsaturated/α-hetero) is 1. The van der Waals surface area contributed by atoms with Crippen molar-refractivity contribution in [2.45, 2.75) is 32.1 Å². The minimum Gasteiger partial charge on any atom is -0.497 e. The molecule has 1 unspecified atom stereocenters. The van der Waals surface area contributed by atoms with Crippen LogP contribution in [0.15, 0.2) is 42.6 Å². The maximum absolute atomic E-state index is 13.2. The number of hydrogen-bond acceptors (Lipinski definition) is 7. The number of ether oxygens (including phenoxy) is 4. The second kappa shape index (κ2) is 9.53. The number of rotatable bonds is 7. The summed E-state index contributed by atoms with van der Waals surface area (Å²) in [5.74, 6) is 2.72. The van der Waals surface area contributed by atoms with Crippen LogP contribution >= 0.6 is 0 Å². The zero-order chi connectivity index (χ0) is 25.4. The van der Waals surface area contributed by atoms with Crippen molar-refractivity contribution in [3.8, 4) is 34.1 Å². The molecule has 0 spiro atoms. The van der Waals surface area contributed by atoms with Crippen molar-refractivity contribution < 1.29 is 23.7 Å². The first kappa shape index (κ1) is 23.7. The van der Waals surface area contributed by atoms with Gasteiger partial charge in [0.2, 0.25) is 0 Å². The molecule has 2 aromatic heterocycles. The number of fused-ring (bicyclic) bond motifs is 2. The van der Waals surface area contributed by atoms with Gasteiger partial charge in [0.25, 0.3) is 0 Å². The molecular weight excluding hydrogens is 458 g/mol. The highest BCUT2D eigenvalue weighted by Gasteiger charge is 2.31. The van der Waals surface area contributed by atoms with Gasteiger partial charge in [0.15, 0.2) is 22.9 Å². The van der Waals surface area contributed by atoms with Gasteiger partial charge in [-0.15, -0.1) is 0 Å². The van der Waals surface area contributed by atoms with Crippen LogP contribution in [-0.4, -0.2) is 48.8 Å². The largest absolute Gasteiger partial charge is 0.497 e. The Balaban J connectivity index is 1.62. The quantitative estimate of drug-likeness (QED) is 0.366. The van der Waals surface area contributed by atoms with Gasteiger partial charge in [0, 0.05) is 30.2 Å². The minimum atomic E-state index is -0.0427. The fourth-order valence-corrected chi connectivity index (χ4v) is 4.99. The molecule has 8 heteroatoms. The Morgan fingerprint density at radius 1 is 0.917 bits per heavy atom. The van der Waals surface area contributed by atoms with E-state index in [2.05, 4.69) is 6.92 Å². The van der Waals surface area contributed by atoms with Gasteiger partial charge < -0.3 is 18.9 Å². The Labute approximate surface area is 209 Å². The van der Waals surface area contributed by atoms with Gasteiger partial charge >= 0.3 is 0 Å². The van der Waals surface area contributed by atoms with E-state index in [9.17, 15) is 4.79 Å². The molecular formula is C28H29N3O5. The molecule has 0 saturated heterocycles. The van der Waals surface area contributed by atoms with Crippen molar-refractivity contribution in [1.29, 1.82) is 0 Å². The van der Waals surface area contributed by atoms with Crippen molar-refractivity contribution in [3.63, 3.8) is 0 Å². The summed E-state index contributed by atoms with van der Waals surface area (Å²) >= 11 is 0. The lowest BCUT2D eigenvalue weighted by atomic mass is 9.81. The average Bonchev–Trinajstić information content (AvgIpc) is 3.28. The van der Waals surface area contributed by atoms with Crippen molar-refractivity contribution in [1.82, 2.24) is 14.6 Å². The molecule has 5 rings (SSSR count). The summed E-state index contributed by atoms with van der Waals surface area (Å²) in [5.41, 5.74) is 5.84. The number of aryl methyl sites for hydroxylation is 1. The van der Waals surface area contributed by atoms with Gasteiger partial charge in [0.1, 0.15) is 11.5 Å². The van der Waals surface area contributed by atoms with Crippen molar-refractivity contribution in [2.75, 3.05) is 28.4 Å². The number of carbonyl (C=O) groups excluding carboxylic acids is 1. The Bertz CT molecular complexity index is 1460. The second-order valence-electron chi connectivity index (χ2n) is 8.75. The first-order valence-electron chi connectivity index (χ1n) is 11.9. The second-order valence-corrected chi connectivity index (χ2v) is 8.75. The van der Waals surface area contributed by atoms with Crippen LogP contribution in [0.1, 0.15) is 46.6 Å². The van der Waals surface area contributed by atoms with Gasteiger partial charge in [-0.25, -0.2) is 9.50 Å². The van der Waals surface area contributed by atoms with Gasteiger partial charge in [0.05, 0.1) is 45.4 Å². The molecule has 0 fully saturated rings. The number of carbonyl (C=O) groups is 1. The molecule has 36 heavy (non-hydrogen) atoms. The molecule has 2 heterocycles. The number of benzene rings is 2. The summed E-state index contributed by atoms with van der Waals surface area (Å²) in [5, 5.41) is 4.77. The summed E-state index contributed by atoms with van der Waals surface area (Å²) in [6.07, 6.45) is 3.55. The first-order chi connectivity index (χ1) is 17.5. The third kappa shape index (κ3) is 3.92. The van der Waals surface area contributed by atoms with Gasteiger partial charge in [-0.1, -0.05) is 19.1 Å². The first-order valence-corrected chi connectivity index (χ1v) is 11.9. The van der Waals surface area contributed by atoms with Crippen LogP contribution in [0.25, 0.3) is 16.8 Å². The van der Waals surface area contributed by atoms with Crippen LogP contribution in [0.4, 0.5) is 0 Å². The van der Waals surface area contributed by atoms with Crippen LogP contribution in [0.2, 0.25) is 0 Å². The summed E-state index contributed by atoms with van der Waals surface area (Å²) in [6.45, 7) is 2.06. The number of aromatic nitrogens is 3. The zero-order valence-electron chi connectivity index (χ0n) is 21.1. The van der Waals surface area contributed by atoms with E-state index in [0.717, 1.165) is 34.5 Å². The number of methoxy groups -OCH3 is 4. The maximum atomic E-state index is 13.2. The summed E-state index contributed by atoms with van der Waals surface area (Å²) in [6, 6.07) is 11.5. The molecule has 0 aliphatic heterocycles. The standard InChI is InChI=1S/C28H29N3O5/c1-6-21-27(16-7-10-24(34-3)26(13-16)36-5)28-29-22-11-17(12-23(32)20(22)15-31(28)30-21)19-9-8-18(33-2)14-25(19)35-4/h7-10,13-15,17H,6,11-12H2,1-5H3. The van der Waals surface area contributed by atoms with E-state index in [1.165, 1.54) is 0 Å². The van der Waals surface area contributed by atoms with E-state index < -0.39 is 0 Å². The molecule has 8 nitrogen and oxygen atoms in total. The molecule has 1 atom stereocenters. The predicted molar refractivity (Wildman–Crippen MR) is 136 cm³/mol. The van der Waals surface area contributed by atoms with Crippen LogP contribution < -0.4 is 18.9 Å². The topological polar surface area (TPSA) is 84.2 Å². The van der Waals surface area contributed by atoms with Crippen molar-refractivity contribution in [2.24, 2.45) is 0 Å². The molecule has 0 bridgehead atoms. The van der Waals surface area contributed by atoms with E-state index >= 15 is 0 Å². The van der Waals surface area contributed by atoms with Crippen LogP contribution in [0.3, 0.4) is 0 Å². The van der Waals surface area contributed by atoms with E-state index in [1.807, 2.05) is 42.6 Å². The number of nitrogens with zero attached hydrogens (tertiary/aromatic N) is 3. The predicted octanol–water partition coefficient (Wildman–Crippen LogP) is 4.91. The summed E-state index contributed by atoms with van der Waals surface area (Å²) in [7, 11) is 6.48. The monoisotopic (exact) mass is 487 g/mol. The zero-order valence-corrected chi connectivity index (χ0v) is 21.1. The molecule has 0 amide bonds. The fourth-order valence-electron chi connectivity index (χ4n) is 4.99. The highest BCUT2D eigenvalue weighted by Crippen LogP contribution is 2.40. The lowest BCUT2D eigenvalue weighted by Gasteiger charge is -2.25. The van der Waals surface area contributed by atoms with Crippen molar-refractivity contribution in [3.05, 3.63) is 65.1 Å². The van der Waals surface area contributed by atoms with Crippen LogP contribution in [0.5, 0.6) is 23.0 Å². The normalized spacial score (nSPS) is 15.0. The van der Waals surface area contributed by atoms with Crippen LogP contribution in [-0.2, 0) is 12.8 Å². The third-order valence-corrected chi connectivity index (χ3v) is 6.82. The van der Waals surface area contributed by atoms with E-state index in [-0.39, 0.29) is 11.7 Å². The molecule has 1 aliphatic carbocycles. The molecule has 2 aromatic carbocycles. The summed E-state index contributed by atoms with van der Waals surface area (Å²) in [4.78, 5) is 18.3. The fraction of sp³-hybridized carbons (Fsp3) is 0.321. The lowest BCUT2D eigenvalue weighted by molar-refractivity contribution is 0.0962. The molecule has 0 N–H and O–H groups in total. The molecule has 186 valence electrons. The van der Waals surface area contributed by atoms with Gasteiger partial charge in [-0.3, -0.25) is 4.79 Å². The highest BCUT2D eigenvalue weighted by molar-refractivity contribution is 5.99. The average molecular weight is 488 g/mol. The van der Waals surface area contributed by atoms with Gasteiger partial charge in [-0.05, 0) is 42.2 Å². The highest BCUT2D eigenvalue weighted by atomic mass is 16.5. The van der Waals surface area contributed by atoms with E-state index in [1.54, 1.807) is 33.0 Å². The van der Waals surface area contributed by atoms with E-state index in [4.69, 9.17) is 29.0 Å². The summed E-state index contributed by atoms with van der Waals surface area (Å²) < 4.78 is 23.6. The number of hydrogen-bond donors (Lipinski definition) is 0. The Hall–Kier alpha value is -4.07. The van der Waals surface area contributed by atoms with Crippen LogP contribution in [0, 0.1) is 0 Å². The third-order valence-electron chi connectivity index (χ3n) is 6.82.